The van der Waals surface area contributed by atoms with Gasteiger partial charge in [0.2, 0.25) is 5.91 Å². The normalized spacial score (nSPS) is 17.1. The van der Waals surface area contributed by atoms with Crippen LogP contribution in [0.1, 0.15) is 10.9 Å². The molecule has 1 amide bonds. The number of rotatable bonds is 3. The van der Waals surface area contributed by atoms with E-state index in [0.717, 1.165) is 11.3 Å². The highest BCUT2D eigenvalue weighted by Gasteiger charge is 2.35. The Bertz CT molecular complexity index is 642. The highest BCUT2D eigenvalue weighted by molar-refractivity contribution is 8.00. The molecule has 21 heavy (non-hydrogen) atoms. The van der Waals surface area contributed by atoms with E-state index >= 15 is 0 Å². The third-order valence-corrected chi connectivity index (χ3v) is 4.71. The number of amides is 1. The second-order valence-corrected chi connectivity index (χ2v) is 6.47. The largest absolute Gasteiger partial charge is 0.301 e. The maximum atomic E-state index is 12.7. The fourth-order valence-corrected chi connectivity index (χ4v) is 3.82. The molecule has 0 radical (unpaired) electrons. The van der Waals surface area contributed by atoms with Crippen molar-refractivity contribution in [2.24, 2.45) is 0 Å². The topological polar surface area (TPSA) is 23.6 Å². The number of hydrogen-bond acceptors (Lipinski definition) is 3. The van der Waals surface area contributed by atoms with Gasteiger partial charge in [0.05, 0.1) is 12.2 Å². The zero-order chi connectivity index (χ0) is 14.8. The molecule has 0 bridgehead atoms. The van der Waals surface area contributed by atoms with Gasteiger partial charge in [-0.15, -0.1) is 0 Å². The SMILES string of the molecule is CN(C)CC(=O)N1c2ccccc2SC1c1ccccc1. The van der Waals surface area contributed by atoms with Crippen molar-refractivity contribution in [1.29, 1.82) is 0 Å². The van der Waals surface area contributed by atoms with Crippen LogP contribution >= 0.6 is 11.8 Å². The second-order valence-electron chi connectivity index (χ2n) is 5.35. The van der Waals surface area contributed by atoms with Crippen LogP contribution in [0.25, 0.3) is 0 Å². The van der Waals surface area contributed by atoms with E-state index in [2.05, 4.69) is 18.2 Å². The fraction of sp³-hybridized carbons (Fsp3) is 0.235. The molecule has 3 rings (SSSR count). The Kier molecular flexibility index (Phi) is 3.99. The van der Waals surface area contributed by atoms with Crippen molar-refractivity contribution in [3.63, 3.8) is 0 Å². The summed E-state index contributed by atoms with van der Waals surface area (Å²) in [7, 11) is 3.84. The molecule has 1 aliphatic heterocycles. The average Bonchev–Trinajstić information content (AvgIpc) is 2.87. The monoisotopic (exact) mass is 298 g/mol. The van der Waals surface area contributed by atoms with Gasteiger partial charge in [0.1, 0.15) is 5.37 Å². The molecular formula is C17H18N2OS. The standard InChI is InChI=1S/C17H18N2OS/c1-18(2)12-16(20)19-14-10-6-7-11-15(14)21-17(19)13-8-4-3-5-9-13/h3-11,17H,12H2,1-2H3. The van der Waals surface area contributed by atoms with Crippen LogP contribution in [0, 0.1) is 0 Å². The van der Waals surface area contributed by atoms with Gasteiger partial charge < -0.3 is 4.90 Å². The average molecular weight is 298 g/mol. The summed E-state index contributed by atoms with van der Waals surface area (Å²) in [4.78, 5) is 17.7. The molecule has 1 aliphatic rings. The maximum absolute atomic E-state index is 12.7. The first-order valence-corrected chi connectivity index (χ1v) is 7.82. The predicted molar refractivity (Wildman–Crippen MR) is 87.5 cm³/mol. The Morgan fingerprint density at radius 3 is 2.48 bits per heavy atom. The lowest BCUT2D eigenvalue weighted by Crippen LogP contribution is -2.37. The van der Waals surface area contributed by atoms with Crippen molar-refractivity contribution in [2.75, 3.05) is 25.5 Å². The van der Waals surface area contributed by atoms with Crippen molar-refractivity contribution in [2.45, 2.75) is 10.3 Å². The Morgan fingerprint density at radius 2 is 1.76 bits per heavy atom. The van der Waals surface area contributed by atoms with E-state index in [1.165, 1.54) is 4.90 Å². The van der Waals surface area contributed by atoms with Crippen LogP contribution in [0.2, 0.25) is 0 Å². The van der Waals surface area contributed by atoms with Crippen LogP contribution in [0.5, 0.6) is 0 Å². The number of thioether (sulfide) groups is 1. The van der Waals surface area contributed by atoms with Gasteiger partial charge in [-0.3, -0.25) is 9.69 Å². The van der Waals surface area contributed by atoms with E-state index in [0.29, 0.717) is 6.54 Å². The highest BCUT2D eigenvalue weighted by atomic mass is 32.2. The minimum Gasteiger partial charge on any atom is -0.301 e. The summed E-state index contributed by atoms with van der Waals surface area (Å²) in [6, 6.07) is 18.3. The van der Waals surface area contributed by atoms with Crippen LogP contribution in [0.15, 0.2) is 59.5 Å². The molecule has 0 aliphatic carbocycles. The van der Waals surface area contributed by atoms with Crippen molar-refractivity contribution in [1.82, 2.24) is 4.90 Å². The number of carbonyl (C=O) groups excluding carboxylic acids is 1. The van der Waals surface area contributed by atoms with Gasteiger partial charge in [0.15, 0.2) is 0 Å². The van der Waals surface area contributed by atoms with Crippen LogP contribution in [-0.4, -0.2) is 31.4 Å². The lowest BCUT2D eigenvalue weighted by atomic mass is 10.2. The molecule has 0 aromatic heterocycles. The van der Waals surface area contributed by atoms with Gasteiger partial charge in [-0.25, -0.2) is 0 Å². The van der Waals surface area contributed by atoms with Gasteiger partial charge in [0, 0.05) is 4.90 Å². The summed E-state index contributed by atoms with van der Waals surface area (Å²) >= 11 is 1.74. The van der Waals surface area contributed by atoms with E-state index in [1.54, 1.807) is 11.8 Å². The van der Waals surface area contributed by atoms with Crippen molar-refractivity contribution >= 4 is 23.4 Å². The number of benzene rings is 2. The number of carbonyl (C=O) groups is 1. The molecule has 0 fully saturated rings. The molecule has 3 nitrogen and oxygen atoms in total. The molecule has 2 aromatic carbocycles. The summed E-state index contributed by atoms with van der Waals surface area (Å²) in [5.74, 6) is 0.131. The van der Waals surface area contributed by atoms with E-state index in [-0.39, 0.29) is 11.3 Å². The first-order valence-electron chi connectivity index (χ1n) is 6.94. The molecule has 0 N–H and O–H groups in total. The zero-order valence-electron chi connectivity index (χ0n) is 12.2. The van der Waals surface area contributed by atoms with Gasteiger partial charge in [0.25, 0.3) is 0 Å². The summed E-state index contributed by atoms with van der Waals surface area (Å²) in [6.45, 7) is 0.415. The smallest absolute Gasteiger partial charge is 0.242 e. The van der Waals surface area contributed by atoms with Crippen molar-refractivity contribution in [3.05, 3.63) is 60.2 Å². The quantitative estimate of drug-likeness (QED) is 0.868. The Hall–Kier alpha value is -1.78. The van der Waals surface area contributed by atoms with E-state index in [1.807, 2.05) is 60.3 Å². The van der Waals surface area contributed by atoms with E-state index in [4.69, 9.17) is 0 Å². The minimum atomic E-state index is 0.0241. The number of anilines is 1. The predicted octanol–water partition coefficient (Wildman–Crippen LogP) is 3.39. The van der Waals surface area contributed by atoms with Crippen LogP contribution < -0.4 is 4.90 Å². The molecule has 0 saturated carbocycles. The van der Waals surface area contributed by atoms with Gasteiger partial charge >= 0.3 is 0 Å². The van der Waals surface area contributed by atoms with Crippen LogP contribution in [0.3, 0.4) is 0 Å². The molecule has 1 atom stereocenters. The minimum absolute atomic E-state index is 0.0241. The van der Waals surface area contributed by atoms with Crippen LogP contribution in [-0.2, 0) is 4.79 Å². The molecule has 1 heterocycles. The molecular weight excluding hydrogens is 280 g/mol. The third-order valence-electron chi connectivity index (χ3n) is 3.40. The van der Waals surface area contributed by atoms with E-state index in [9.17, 15) is 4.79 Å². The summed E-state index contributed by atoms with van der Waals surface area (Å²) in [6.07, 6.45) is 0. The molecule has 0 saturated heterocycles. The van der Waals surface area contributed by atoms with E-state index < -0.39 is 0 Å². The van der Waals surface area contributed by atoms with Gasteiger partial charge in [-0.1, -0.05) is 54.2 Å². The maximum Gasteiger partial charge on any atom is 0.242 e. The van der Waals surface area contributed by atoms with Crippen molar-refractivity contribution in [3.8, 4) is 0 Å². The Balaban J connectivity index is 1.99. The number of para-hydroxylation sites is 1. The number of hydrogen-bond donors (Lipinski definition) is 0. The first kappa shape index (κ1) is 14.2. The first-order chi connectivity index (χ1) is 10.2. The third kappa shape index (κ3) is 2.82. The molecule has 0 spiro atoms. The fourth-order valence-electron chi connectivity index (χ4n) is 2.50. The molecule has 2 aromatic rings. The zero-order valence-corrected chi connectivity index (χ0v) is 13.0. The van der Waals surface area contributed by atoms with Gasteiger partial charge in [-0.05, 0) is 31.8 Å². The summed E-state index contributed by atoms with van der Waals surface area (Å²) in [5, 5.41) is 0.0241. The number of likely N-dealkylation sites (N-methyl/N-ethyl adjacent to an activating group) is 1. The highest BCUT2D eigenvalue weighted by Crippen LogP contribution is 2.51. The van der Waals surface area contributed by atoms with Crippen molar-refractivity contribution < 1.29 is 4.79 Å². The Labute approximate surface area is 129 Å². The van der Waals surface area contributed by atoms with Gasteiger partial charge in [-0.2, -0.15) is 0 Å². The van der Waals surface area contributed by atoms with Crippen LogP contribution in [0.4, 0.5) is 5.69 Å². The summed E-state index contributed by atoms with van der Waals surface area (Å²) in [5.41, 5.74) is 2.18. The lowest BCUT2D eigenvalue weighted by Gasteiger charge is -2.26. The molecule has 1 unspecified atom stereocenters. The second kappa shape index (κ2) is 5.92. The lowest BCUT2D eigenvalue weighted by molar-refractivity contribution is -0.119. The molecule has 4 heteroatoms. The Morgan fingerprint density at radius 1 is 1.10 bits per heavy atom. The molecule has 108 valence electrons. The summed E-state index contributed by atoms with van der Waals surface area (Å²) < 4.78 is 0. The number of fused-ring (bicyclic) bond motifs is 1. The number of nitrogens with zero attached hydrogens (tertiary/aromatic N) is 2.